The lowest BCUT2D eigenvalue weighted by Crippen LogP contribution is -2.44. The van der Waals surface area contributed by atoms with Crippen LogP contribution in [0.5, 0.6) is 0 Å². The molecule has 1 aromatic carbocycles. The molecule has 0 bridgehead atoms. The normalized spacial score (nSPS) is 18.0. The van der Waals surface area contributed by atoms with Crippen LogP contribution in [0.4, 0.5) is 5.69 Å². The van der Waals surface area contributed by atoms with Gasteiger partial charge in [-0.3, -0.25) is 0 Å². The molecular weight excluding hydrogens is 250 g/mol. The minimum absolute atomic E-state index is 0.321. The molecule has 1 aliphatic heterocycles. The number of hydrogen-bond acceptors (Lipinski definition) is 4. The average molecular weight is 269 g/mol. The quantitative estimate of drug-likeness (QED) is 0.860. The maximum absolute atomic E-state index is 11.8. The highest BCUT2D eigenvalue weighted by atomic mass is 32.2. The van der Waals surface area contributed by atoms with E-state index in [-0.39, 0.29) is 0 Å². The van der Waals surface area contributed by atoms with Crippen LogP contribution in [0.2, 0.25) is 0 Å². The molecule has 0 spiro atoms. The third kappa shape index (κ3) is 2.82. The van der Waals surface area contributed by atoms with E-state index in [1.165, 1.54) is 7.05 Å². The first-order valence-corrected chi connectivity index (χ1v) is 7.48. The number of nitrogens with zero attached hydrogens (tertiary/aromatic N) is 2. The number of anilines is 1. The molecule has 18 heavy (non-hydrogen) atoms. The highest BCUT2D eigenvalue weighted by Gasteiger charge is 2.17. The van der Waals surface area contributed by atoms with Gasteiger partial charge in [0.05, 0.1) is 4.90 Å². The fourth-order valence-electron chi connectivity index (χ4n) is 2.03. The van der Waals surface area contributed by atoms with E-state index in [4.69, 9.17) is 0 Å². The summed E-state index contributed by atoms with van der Waals surface area (Å²) in [6, 6.07) is 7.10. The van der Waals surface area contributed by atoms with Crippen LogP contribution in [0.3, 0.4) is 0 Å². The fourth-order valence-corrected chi connectivity index (χ4v) is 2.80. The molecule has 0 radical (unpaired) electrons. The van der Waals surface area contributed by atoms with Gasteiger partial charge in [0.25, 0.3) is 0 Å². The van der Waals surface area contributed by atoms with Crippen molar-refractivity contribution < 1.29 is 8.42 Å². The minimum Gasteiger partial charge on any atom is -0.369 e. The summed E-state index contributed by atoms with van der Waals surface area (Å²) in [4.78, 5) is 4.81. The molecule has 2 rings (SSSR count). The smallest absolute Gasteiger partial charge is 0.240 e. The van der Waals surface area contributed by atoms with E-state index < -0.39 is 10.0 Å². The van der Waals surface area contributed by atoms with Gasteiger partial charge in [0.15, 0.2) is 0 Å². The van der Waals surface area contributed by atoms with Crippen molar-refractivity contribution in [3.63, 3.8) is 0 Å². The first-order valence-electron chi connectivity index (χ1n) is 6.00. The number of rotatable bonds is 3. The van der Waals surface area contributed by atoms with Crippen molar-refractivity contribution in [3.05, 3.63) is 24.3 Å². The predicted molar refractivity (Wildman–Crippen MR) is 72.4 cm³/mol. The number of hydrogen-bond donors (Lipinski definition) is 1. The number of benzene rings is 1. The van der Waals surface area contributed by atoms with E-state index in [9.17, 15) is 8.42 Å². The van der Waals surface area contributed by atoms with Crippen LogP contribution in [-0.4, -0.2) is 53.6 Å². The van der Waals surface area contributed by atoms with Gasteiger partial charge in [-0.05, 0) is 32.3 Å². The van der Waals surface area contributed by atoms with E-state index in [1.807, 2.05) is 6.07 Å². The van der Waals surface area contributed by atoms with E-state index in [2.05, 4.69) is 21.6 Å². The van der Waals surface area contributed by atoms with Crippen molar-refractivity contribution in [2.75, 3.05) is 45.2 Å². The second-order valence-corrected chi connectivity index (χ2v) is 6.38. The van der Waals surface area contributed by atoms with Crippen molar-refractivity contribution in [2.24, 2.45) is 0 Å². The van der Waals surface area contributed by atoms with Crippen LogP contribution in [-0.2, 0) is 10.0 Å². The molecule has 0 aromatic heterocycles. The first kappa shape index (κ1) is 13.3. The molecule has 0 saturated carbocycles. The largest absolute Gasteiger partial charge is 0.369 e. The van der Waals surface area contributed by atoms with Crippen molar-refractivity contribution in [1.29, 1.82) is 0 Å². The van der Waals surface area contributed by atoms with Crippen LogP contribution >= 0.6 is 0 Å². The van der Waals surface area contributed by atoms with E-state index in [1.54, 1.807) is 18.2 Å². The zero-order chi connectivity index (χ0) is 13.2. The highest BCUT2D eigenvalue weighted by molar-refractivity contribution is 7.89. The highest BCUT2D eigenvalue weighted by Crippen LogP contribution is 2.20. The summed E-state index contributed by atoms with van der Waals surface area (Å²) in [5, 5.41) is 0. The Morgan fingerprint density at radius 3 is 2.44 bits per heavy atom. The van der Waals surface area contributed by atoms with Gasteiger partial charge in [-0.25, -0.2) is 13.1 Å². The average Bonchev–Trinajstić information content (AvgIpc) is 2.40. The van der Waals surface area contributed by atoms with Crippen LogP contribution in [0.15, 0.2) is 29.2 Å². The molecule has 0 amide bonds. The summed E-state index contributed by atoms with van der Waals surface area (Å²) < 4.78 is 25.8. The molecule has 0 unspecified atom stereocenters. The zero-order valence-electron chi connectivity index (χ0n) is 10.8. The Hall–Kier alpha value is -1.11. The second kappa shape index (κ2) is 5.26. The minimum atomic E-state index is -3.36. The van der Waals surface area contributed by atoms with Crippen LogP contribution in [0, 0.1) is 0 Å². The van der Waals surface area contributed by atoms with E-state index in [0.717, 1.165) is 31.9 Å². The molecule has 0 atom stereocenters. The van der Waals surface area contributed by atoms with E-state index >= 15 is 0 Å². The predicted octanol–water partition coefficient (Wildman–Crippen LogP) is 0.347. The van der Waals surface area contributed by atoms with Crippen LogP contribution in [0.25, 0.3) is 0 Å². The molecule has 5 nitrogen and oxygen atoms in total. The van der Waals surface area contributed by atoms with Gasteiger partial charge in [-0.15, -0.1) is 0 Å². The third-order valence-corrected chi connectivity index (χ3v) is 4.68. The number of sulfonamides is 1. The second-order valence-electron chi connectivity index (χ2n) is 4.50. The third-order valence-electron chi connectivity index (χ3n) is 3.27. The molecule has 100 valence electrons. The summed E-state index contributed by atoms with van der Waals surface area (Å²) >= 11 is 0. The number of nitrogens with one attached hydrogen (secondary N) is 1. The van der Waals surface area contributed by atoms with Crippen LogP contribution < -0.4 is 9.62 Å². The molecule has 1 aliphatic rings. The first-order chi connectivity index (χ1) is 8.53. The Kier molecular flexibility index (Phi) is 3.89. The molecular formula is C12H19N3O2S. The maximum Gasteiger partial charge on any atom is 0.240 e. The lowest BCUT2D eigenvalue weighted by atomic mass is 10.2. The van der Waals surface area contributed by atoms with Crippen molar-refractivity contribution in [3.8, 4) is 0 Å². The topological polar surface area (TPSA) is 52.7 Å². The van der Waals surface area contributed by atoms with Gasteiger partial charge in [0.2, 0.25) is 10.0 Å². The molecule has 1 N–H and O–H groups in total. The summed E-state index contributed by atoms with van der Waals surface area (Å²) in [5.74, 6) is 0. The van der Waals surface area contributed by atoms with Crippen LogP contribution in [0.1, 0.15) is 0 Å². The van der Waals surface area contributed by atoms with Gasteiger partial charge in [-0.1, -0.05) is 6.07 Å². The number of piperazine rings is 1. The van der Waals surface area contributed by atoms with E-state index in [0.29, 0.717) is 4.90 Å². The Morgan fingerprint density at radius 1 is 1.17 bits per heavy atom. The van der Waals surface area contributed by atoms with Crippen molar-refractivity contribution >= 4 is 15.7 Å². The summed E-state index contributed by atoms with van der Waals surface area (Å²) in [6.45, 7) is 3.87. The standard InChI is InChI=1S/C12H19N3O2S/c1-13-18(16,17)12-5-3-4-11(10-12)15-8-6-14(2)7-9-15/h3-5,10,13H,6-9H2,1-2H3. The molecule has 1 heterocycles. The Bertz CT molecular complexity index is 508. The van der Waals surface area contributed by atoms with Crippen molar-refractivity contribution in [1.82, 2.24) is 9.62 Å². The zero-order valence-corrected chi connectivity index (χ0v) is 11.6. The molecule has 1 saturated heterocycles. The van der Waals surface area contributed by atoms with Gasteiger partial charge in [0, 0.05) is 31.9 Å². The Labute approximate surface area is 108 Å². The fraction of sp³-hybridized carbons (Fsp3) is 0.500. The Balaban J connectivity index is 2.23. The van der Waals surface area contributed by atoms with Crippen molar-refractivity contribution in [2.45, 2.75) is 4.90 Å². The lowest BCUT2D eigenvalue weighted by Gasteiger charge is -2.34. The monoisotopic (exact) mass is 269 g/mol. The maximum atomic E-state index is 11.8. The van der Waals surface area contributed by atoms with Gasteiger partial charge < -0.3 is 9.80 Å². The van der Waals surface area contributed by atoms with Gasteiger partial charge in [-0.2, -0.15) is 0 Å². The summed E-state index contributed by atoms with van der Waals surface area (Å²) in [7, 11) is 0.168. The summed E-state index contributed by atoms with van der Waals surface area (Å²) in [6.07, 6.45) is 0. The van der Waals surface area contributed by atoms with Gasteiger partial charge >= 0.3 is 0 Å². The molecule has 0 aliphatic carbocycles. The van der Waals surface area contributed by atoms with Gasteiger partial charge in [0.1, 0.15) is 0 Å². The SMILES string of the molecule is CNS(=O)(=O)c1cccc(N2CCN(C)CC2)c1. The molecule has 1 fully saturated rings. The number of likely N-dealkylation sites (N-methyl/N-ethyl adjacent to an activating group) is 1. The Morgan fingerprint density at radius 2 is 1.83 bits per heavy atom. The molecule has 1 aromatic rings. The lowest BCUT2D eigenvalue weighted by molar-refractivity contribution is 0.313. The molecule has 6 heteroatoms. The summed E-state index contributed by atoms with van der Waals surface area (Å²) in [5.41, 5.74) is 0.972.